The molecule has 9 nitrogen and oxygen atoms in total. The molecule has 150 valence electrons. The van der Waals surface area contributed by atoms with E-state index in [1.54, 1.807) is 12.4 Å². The molecule has 3 N–H and O–H groups in total. The van der Waals surface area contributed by atoms with Crippen LogP contribution in [0.5, 0.6) is 0 Å². The quantitative estimate of drug-likeness (QED) is 0.630. The number of hydrogen-bond acceptors (Lipinski definition) is 4. The Labute approximate surface area is 167 Å². The van der Waals surface area contributed by atoms with Crippen LogP contribution in [0, 0.1) is 0 Å². The summed E-state index contributed by atoms with van der Waals surface area (Å²) in [5.41, 5.74) is 3.35. The van der Waals surface area contributed by atoms with Crippen molar-refractivity contribution < 1.29 is 14.7 Å². The first-order valence-electron chi connectivity index (χ1n) is 9.49. The summed E-state index contributed by atoms with van der Waals surface area (Å²) in [7, 11) is 0. The topological polar surface area (TPSA) is 112 Å². The van der Waals surface area contributed by atoms with Gasteiger partial charge < -0.3 is 25.0 Å². The Morgan fingerprint density at radius 1 is 1.14 bits per heavy atom. The highest BCUT2D eigenvalue weighted by molar-refractivity contribution is 5.89. The van der Waals surface area contributed by atoms with Gasteiger partial charge in [0, 0.05) is 37.4 Å². The first-order chi connectivity index (χ1) is 14.1. The highest BCUT2D eigenvalue weighted by Crippen LogP contribution is 2.28. The van der Waals surface area contributed by atoms with Crippen molar-refractivity contribution in [3.63, 3.8) is 0 Å². The molecule has 3 heterocycles. The average molecular weight is 394 g/mol. The number of likely N-dealkylation sites (tertiary alicyclic amines) is 1. The maximum Gasteiger partial charge on any atom is 0.407 e. The van der Waals surface area contributed by atoms with Gasteiger partial charge in [-0.15, -0.1) is 0 Å². The fraction of sp³-hybridized carbons (Fsp3) is 0.300. The zero-order valence-electron chi connectivity index (χ0n) is 15.8. The summed E-state index contributed by atoms with van der Waals surface area (Å²) in [5, 5.41) is 14.6. The molecule has 0 radical (unpaired) electrons. The van der Waals surface area contributed by atoms with E-state index in [0.29, 0.717) is 31.2 Å². The molecule has 29 heavy (non-hydrogen) atoms. The average Bonchev–Trinajstić information content (AvgIpc) is 3.21. The van der Waals surface area contributed by atoms with Crippen molar-refractivity contribution in [2.24, 2.45) is 0 Å². The summed E-state index contributed by atoms with van der Waals surface area (Å²) >= 11 is 0. The largest absolute Gasteiger partial charge is 0.465 e. The SMILES string of the molecule is O=C(NCc1cn2ccnc2cn1)Nc1ccc(C2CCN(C(=O)O)CC2)cc1. The number of benzene rings is 1. The summed E-state index contributed by atoms with van der Waals surface area (Å²) in [5.74, 6) is 0.345. The Bertz CT molecular complexity index is 1010. The van der Waals surface area contributed by atoms with Crippen molar-refractivity contribution >= 4 is 23.5 Å². The maximum absolute atomic E-state index is 12.2. The van der Waals surface area contributed by atoms with E-state index < -0.39 is 6.09 Å². The predicted molar refractivity (Wildman–Crippen MR) is 107 cm³/mol. The lowest BCUT2D eigenvalue weighted by atomic mass is 9.89. The normalized spacial score (nSPS) is 14.7. The van der Waals surface area contributed by atoms with Gasteiger partial charge in [-0.05, 0) is 36.5 Å². The van der Waals surface area contributed by atoms with E-state index >= 15 is 0 Å². The Balaban J connectivity index is 1.28. The highest BCUT2D eigenvalue weighted by atomic mass is 16.4. The third-order valence-corrected chi connectivity index (χ3v) is 5.17. The highest BCUT2D eigenvalue weighted by Gasteiger charge is 2.23. The van der Waals surface area contributed by atoms with Gasteiger partial charge in [-0.2, -0.15) is 0 Å². The number of carbonyl (C=O) groups is 2. The molecular weight excluding hydrogens is 372 g/mol. The Morgan fingerprint density at radius 3 is 2.62 bits per heavy atom. The van der Waals surface area contributed by atoms with Gasteiger partial charge in [-0.25, -0.2) is 14.6 Å². The van der Waals surface area contributed by atoms with Gasteiger partial charge in [0.05, 0.1) is 18.4 Å². The zero-order chi connectivity index (χ0) is 20.2. The molecule has 4 rings (SSSR count). The maximum atomic E-state index is 12.2. The summed E-state index contributed by atoms with van der Waals surface area (Å²) in [6.07, 6.45) is 7.78. The van der Waals surface area contributed by atoms with E-state index in [1.807, 2.05) is 41.1 Å². The third-order valence-electron chi connectivity index (χ3n) is 5.17. The van der Waals surface area contributed by atoms with Crippen LogP contribution in [0.15, 0.2) is 49.1 Å². The van der Waals surface area contributed by atoms with Crippen molar-refractivity contribution in [2.45, 2.75) is 25.3 Å². The number of anilines is 1. The van der Waals surface area contributed by atoms with Crippen LogP contribution in [-0.4, -0.2) is 49.6 Å². The van der Waals surface area contributed by atoms with Crippen molar-refractivity contribution in [1.82, 2.24) is 24.6 Å². The number of piperidine rings is 1. The summed E-state index contributed by atoms with van der Waals surface area (Å²) in [6.45, 7) is 1.42. The van der Waals surface area contributed by atoms with E-state index in [1.165, 1.54) is 10.5 Å². The molecule has 0 saturated carbocycles. The van der Waals surface area contributed by atoms with Crippen molar-refractivity contribution in [3.8, 4) is 0 Å². The number of nitrogens with one attached hydrogen (secondary N) is 2. The van der Waals surface area contributed by atoms with Crippen LogP contribution >= 0.6 is 0 Å². The number of hydrogen-bond donors (Lipinski definition) is 3. The Kier molecular flexibility index (Phi) is 5.28. The molecule has 1 aliphatic rings. The second-order valence-corrected chi connectivity index (χ2v) is 7.04. The molecule has 0 aliphatic carbocycles. The molecular formula is C20H22N6O3. The molecule has 3 amide bonds. The fourth-order valence-electron chi connectivity index (χ4n) is 3.55. The number of carboxylic acid groups (broad SMARTS) is 1. The first-order valence-corrected chi connectivity index (χ1v) is 9.49. The summed E-state index contributed by atoms with van der Waals surface area (Å²) in [6, 6.07) is 7.42. The molecule has 0 bridgehead atoms. The van der Waals surface area contributed by atoms with Gasteiger partial charge in [-0.3, -0.25) is 4.98 Å². The van der Waals surface area contributed by atoms with Gasteiger partial charge in [0.15, 0.2) is 5.65 Å². The number of aromatic nitrogens is 3. The van der Waals surface area contributed by atoms with Gasteiger partial charge >= 0.3 is 12.1 Å². The van der Waals surface area contributed by atoms with E-state index in [2.05, 4.69) is 20.6 Å². The van der Waals surface area contributed by atoms with Crippen LogP contribution in [0.3, 0.4) is 0 Å². The minimum Gasteiger partial charge on any atom is -0.465 e. The molecule has 0 unspecified atom stereocenters. The number of urea groups is 1. The summed E-state index contributed by atoms with van der Waals surface area (Å²) in [4.78, 5) is 33.0. The van der Waals surface area contributed by atoms with Gasteiger partial charge in [0.25, 0.3) is 0 Å². The Hall–Kier alpha value is -3.62. The van der Waals surface area contributed by atoms with E-state index in [9.17, 15) is 9.59 Å². The minimum absolute atomic E-state index is 0.306. The Morgan fingerprint density at radius 2 is 1.90 bits per heavy atom. The van der Waals surface area contributed by atoms with E-state index in [4.69, 9.17) is 5.11 Å². The lowest BCUT2D eigenvalue weighted by Gasteiger charge is -2.30. The number of nitrogens with zero attached hydrogens (tertiary/aromatic N) is 4. The molecule has 1 aromatic carbocycles. The van der Waals surface area contributed by atoms with Crippen LogP contribution < -0.4 is 10.6 Å². The monoisotopic (exact) mass is 394 g/mol. The minimum atomic E-state index is -0.853. The number of imidazole rings is 1. The third kappa shape index (κ3) is 4.45. The second-order valence-electron chi connectivity index (χ2n) is 7.04. The number of fused-ring (bicyclic) bond motifs is 1. The number of amides is 3. The molecule has 2 aromatic heterocycles. The van der Waals surface area contributed by atoms with Crippen LogP contribution in [0.25, 0.3) is 5.65 Å². The van der Waals surface area contributed by atoms with Crippen molar-refractivity contribution in [2.75, 3.05) is 18.4 Å². The molecule has 0 spiro atoms. The van der Waals surface area contributed by atoms with Crippen molar-refractivity contribution in [3.05, 3.63) is 60.3 Å². The lowest BCUT2D eigenvalue weighted by Crippen LogP contribution is -2.36. The standard InChI is InChI=1S/C20H22N6O3/c27-19(23-11-17-13-26-10-7-21-18(26)12-22-17)24-16-3-1-14(2-4-16)15-5-8-25(9-6-15)20(28)29/h1-4,7,10,12-13,15H,5-6,8-9,11H2,(H,28,29)(H2,23,24,27). The van der Waals surface area contributed by atoms with Gasteiger partial charge in [0.1, 0.15) is 0 Å². The van der Waals surface area contributed by atoms with E-state index in [-0.39, 0.29) is 6.03 Å². The molecule has 3 aromatic rings. The number of carbonyl (C=O) groups excluding carboxylic acids is 1. The van der Waals surface area contributed by atoms with Crippen LogP contribution in [-0.2, 0) is 6.54 Å². The smallest absolute Gasteiger partial charge is 0.407 e. The molecule has 0 atom stereocenters. The van der Waals surface area contributed by atoms with Crippen molar-refractivity contribution in [1.29, 1.82) is 0 Å². The molecule has 1 aliphatic heterocycles. The predicted octanol–water partition coefficient (Wildman–Crippen LogP) is 2.91. The fourth-order valence-corrected chi connectivity index (χ4v) is 3.55. The summed E-state index contributed by atoms with van der Waals surface area (Å²) < 4.78 is 1.85. The molecule has 1 fully saturated rings. The van der Waals surface area contributed by atoms with E-state index in [0.717, 1.165) is 24.2 Å². The van der Waals surface area contributed by atoms with Gasteiger partial charge in [0.2, 0.25) is 0 Å². The van der Waals surface area contributed by atoms with Crippen LogP contribution in [0.1, 0.15) is 30.0 Å². The lowest BCUT2D eigenvalue weighted by molar-refractivity contribution is 0.132. The van der Waals surface area contributed by atoms with Crippen LogP contribution in [0.4, 0.5) is 15.3 Å². The van der Waals surface area contributed by atoms with Crippen LogP contribution in [0.2, 0.25) is 0 Å². The second kappa shape index (κ2) is 8.17. The first kappa shape index (κ1) is 18.7. The molecule has 9 heteroatoms. The zero-order valence-corrected chi connectivity index (χ0v) is 15.8. The van der Waals surface area contributed by atoms with Gasteiger partial charge in [-0.1, -0.05) is 12.1 Å². The number of rotatable bonds is 4. The molecule has 1 saturated heterocycles.